The number of halogens is 3. The van der Waals surface area contributed by atoms with E-state index in [1.54, 1.807) is 6.92 Å². The highest BCUT2D eigenvalue weighted by molar-refractivity contribution is 6.33. The number of aromatic nitrogens is 1. The molecule has 0 radical (unpaired) electrons. The van der Waals surface area contributed by atoms with Crippen molar-refractivity contribution < 1.29 is 28.2 Å². The van der Waals surface area contributed by atoms with Crippen molar-refractivity contribution >= 4 is 34.3 Å². The lowest BCUT2D eigenvalue weighted by Crippen LogP contribution is -2.16. The number of phenolic OH excluding ortho intramolecular Hbond substituents is 1. The Bertz CT molecular complexity index is 1080. The Balaban J connectivity index is 2.13. The standard InChI is InChI=1S/C19H15ClF2N2O4/c1-9-12(7-17(23)26)13-6-16(25)14(20)8-15(13)24(9)18(27)10-2-4-11(5-3-10)28-19(21)22/h2-6,8,19,25H,7H2,1H3,(H2,23,26). The van der Waals surface area contributed by atoms with Crippen LogP contribution in [-0.4, -0.2) is 28.1 Å². The fraction of sp³-hybridized carbons (Fsp3) is 0.158. The number of amides is 1. The number of hydrogen-bond donors (Lipinski definition) is 2. The molecule has 0 fully saturated rings. The quantitative estimate of drug-likeness (QED) is 0.674. The fourth-order valence-electron chi connectivity index (χ4n) is 3.06. The summed E-state index contributed by atoms with van der Waals surface area (Å²) in [6.07, 6.45) is -0.134. The predicted octanol–water partition coefficient (Wildman–Crippen LogP) is 3.63. The fourth-order valence-corrected chi connectivity index (χ4v) is 3.21. The van der Waals surface area contributed by atoms with Crippen LogP contribution in [0, 0.1) is 6.92 Å². The highest BCUT2D eigenvalue weighted by Crippen LogP contribution is 2.35. The molecule has 2 aromatic carbocycles. The van der Waals surface area contributed by atoms with E-state index in [1.807, 2.05) is 0 Å². The molecule has 1 heterocycles. The van der Waals surface area contributed by atoms with Gasteiger partial charge in [-0.15, -0.1) is 0 Å². The second kappa shape index (κ2) is 7.47. The Hall–Kier alpha value is -3.13. The number of alkyl halides is 2. The first-order chi connectivity index (χ1) is 13.2. The minimum Gasteiger partial charge on any atom is -0.506 e. The van der Waals surface area contributed by atoms with E-state index in [0.717, 1.165) is 0 Å². The molecule has 0 saturated carbocycles. The monoisotopic (exact) mass is 408 g/mol. The van der Waals surface area contributed by atoms with Crippen molar-refractivity contribution in [2.45, 2.75) is 20.0 Å². The summed E-state index contributed by atoms with van der Waals surface area (Å²) < 4.78 is 30.2. The van der Waals surface area contributed by atoms with Gasteiger partial charge in [0.1, 0.15) is 11.5 Å². The largest absolute Gasteiger partial charge is 0.506 e. The van der Waals surface area contributed by atoms with E-state index in [9.17, 15) is 23.5 Å². The summed E-state index contributed by atoms with van der Waals surface area (Å²) in [4.78, 5) is 24.5. The Morgan fingerprint density at radius 2 is 1.89 bits per heavy atom. The molecular weight excluding hydrogens is 394 g/mol. The molecule has 3 rings (SSSR count). The van der Waals surface area contributed by atoms with Gasteiger partial charge in [0.05, 0.1) is 17.0 Å². The van der Waals surface area contributed by atoms with Gasteiger partial charge in [-0.2, -0.15) is 8.78 Å². The molecule has 146 valence electrons. The minimum atomic E-state index is -2.97. The maximum atomic E-state index is 13.1. The van der Waals surface area contributed by atoms with Crippen LogP contribution in [0.1, 0.15) is 21.6 Å². The number of nitrogens with zero attached hydrogens (tertiary/aromatic N) is 1. The van der Waals surface area contributed by atoms with Crippen LogP contribution in [0.4, 0.5) is 8.78 Å². The van der Waals surface area contributed by atoms with Gasteiger partial charge in [-0.25, -0.2) is 0 Å². The number of fused-ring (bicyclic) bond motifs is 1. The topological polar surface area (TPSA) is 94.5 Å². The first-order valence-electron chi connectivity index (χ1n) is 8.09. The summed E-state index contributed by atoms with van der Waals surface area (Å²) in [5, 5.41) is 10.4. The van der Waals surface area contributed by atoms with Crippen LogP contribution in [0.15, 0.2) is 36.4 Å². The average molecular weight is 409 g/mol. The first kappa shape index (κ1) is 19.6. The van der Waals surface area contributed by atoms with Crippen LogP contribution in [0.2, 0.25) is 5.02 Å². The first-order valence-corrected chi connectivity index (χ1v) is 8.47. The molecule has 28 heavy (non-hydrogen) atoms. The zero-order valence-corrected chi connectivity index (χ0v) is 15.3. The zero-order chi connectivity index (χ0) is 20.6. The SMILES string of the molecule is Cc1c(CC(N)=O)c2cc(O)c(Cl)cc2n1C(=O)c1ccc(OC(F)F)cc1. The summed E-state index contributed by atoms with van der Waals surface area (Å²) >= 11 is 5.99. The van der Waals surface area contributed by atoms with E-state index in [-0.39, 0.29) is 28.5 Å². The number of ether oxygens (including phenoxy) is 1. The third-order valence-electron chi connectivity index (χ3n) is 4.28. The van der Waals surface area contributed by atoms with E-state index in [1.165, 1.54) is 41.0 Å². The van der Waals surface area contributed by atoms with Gasteiger partial charge in [-0.05, 0) is 48.9 Å². The molecule has 0 saturated heterocycles. The third-order valence-corrected chi connectivity index (χ3v) is 4.59. The van der Waals surface area contributed by atoms with Crippen molar-refractivity contribution in [3.05, 3.63) is 58.2 Å². The van der Waals surface area contributed by atoms with E-state index in [0.29, 0.717) is 22.2 Å². The molecule has 0 unspecified atom stereocenters. The summed E-state index contributed by atoms with van der Waals surface area (Å²) in [6, 6.07) is 7.98. The molecule has 0 bridgehead atoms. The smallest absolute Gasteiger partial charge is 0.387 e. The van der Waals surface area contributed by atoms with E-state index in [4.69, 9.17) is 17.3 Å². The number of phenols is 1. The lowest BCUT2D eigenvalue weighted by atomic mass is 10.1. The van der Waals surface area contributed by atoms with Gasteiger partial charge in [-0.3, -0.25) is 14.2 Å². The minimum absolute atomic E-state index is 0.0327. The van der Waals surface area contributed by atoms with Gasteiger partial charge in [-0.1, -0.05) is 11.6 Å². The van der Waals surface area contributed by atoms with Gasteiger partial charge in [0.2, 0.25) is 5.91 Å². The summed E-state index contributed by atoms with van der Waals surface area (Å²) in [7, 11) is 0. The Morgan fingerprint density at radius 3 is 2.46 bits per heavy atom. The van der Waals surface area contributed by atoms with Crippen molar-refractivity contribution in [3.63, 3.8) is 0 Å². The molecule has 3 N–H and O–H groups in total. The highest BCUT2D eigenvalue weighted by Gasteiger charge is 2.22. The number of carbonyl (C=O) groups is 2. The molecule has 0 spiro atoms. The molecule has 0 aliphatic heterocycles. The van der Waals surface area contributed by atoms with Gasteiger partial charge in [0.25, 0.3) is 5.91 Å². The maximum absolute atomic E-state index is 13.1. The van der Waals surface area contributed by atoms with Crippen molar-refractivity contribution in [2.75, 3.05) is 0 Å². The summed E-state index contributed by atoms with van der Waals surface area (Å²) in [5.74, 6) is -1.35. The molecule has 0 aliphatic rings. The van der Waals surface area contributed by atoms with E-state index in [2.05, 4.69) is 4.74 Å². The molecule has 9 heteroatoms. The second-order valence-electron chi connectivity index (χ2n) is 6.07. The summed E-state index contributed by atoms with van der Waals surface area (Å²) in [5.41, 5.74) is 6.84. The van der Waals surface area contributed by atoms with Crippen molar-refractivity contribution in [1.82, 2.24) is 4.57 Å². The van der Waals surface area contributed by atoms with Crippen LogP contribution in [0.5, 0.6) is 11.5 Å². The zero-order valence-electron chi connectivity index (χ0n) is 14.6. The molecular formula is C19H15ClF2N2O4. The Labute approximate surface area is 163 Å². The third kappa shape index (κ3) is 3.63. The van der Waals surface area contributed by atoms with Gasteiger partial charge in [0.15, 0.2) is 0 Å². The van der Waals surface area contributed by atoms with Crippen LogP contribution in [0.25, 0.3) is 10.9 Å². The lowest BCUT2D eigenvalue weighted by Gasteiger charge is -2.09. The number of primary amides is 1. The van der Waals surface area contributed by atoms with E-state index >= 15 is 0 Å². The number of rotatable bonds is 5. The molecule has 1 amide bonds. The van der Waals surface area contributed by atoms with Gasteiger partial charge in [0, 0.05) is 16.6 Å². The Kier molecular flexibility index (Phi) is 5.24. The number of carbonyl (C=O) groups excluding carboxylic acids is 2. The predicted molar refractivity (Wildman–Crippen MR) is 99.1 cm³/mol. The van der Waals surface area contributed by atoms with Crippen molar-refractivity contribution in [3.8, 4) is 11.5 Å². The molecule has 0 aliphatic carbocycles. The van der Waals surface area contributed by atoms with Crippen molar-refractivity contribution in [2.24, 2.45) is 5.73 Å². The van der Waals surface area contributed by atoms with Crippen LogP contribution >= 0.6 is 11.6 Å². The number of aromatic hydroxyl groups is 1. The normalized spacial score (nSPS) is 11.2. The molecule has 1 aromatic heterocycles. The molecule has 6 nitrogen and oxygen atoms in total. The number of nitrogens with two attached hydrogens (primary N) is 1. The number of hydrogen-bond acceptors (Lipinski definition) is 4. The van der Waals surface area contributed by atoms with Crippen LogP contribution in [0.3, 0.4) is 0 Å². The van der Waals surface area contributed by atoms with Gasteiger partial charge < -0.3 is 15.6 Å². The summed E-state index contributed by atoms with van der Waals surface area (Å²) in [6.45, 7) is -1.33. The lowest BCUT2D eigenvalue weighted by molar-refractivity contribution is -0.117. The number of benzene rings is 2. The Morgan fingerprint density at radius 1 is 1.25 bits per heavy atom. The van der Waals surface area contributed by atoms with Crippen LogP contribution < -0.4 is 10.5 Å². The highest BCUT2D eigenvalue weighted by atomic mass is 35.5. The van der Waals surface area contributed by atoms with Crippen molar-refractivity contribution in [1.29, 1.82) is 0 Å². The van der Waals surface area contributed by atoms with Crippen LogP contribution in [-0.2, 0) is 11.2 Å². The maximum Gasteiger partial charge on any atom is 0.387 e. The molecule has 0 atom stereocenters. The second-order valence-corrected chi connectivity index (χ2v) is 6.48. The average Bonchev–Trinajstić information content (AvgIpc) is 2.86. The van der Waals surface area contributed by atoms with Gasteiger partial charge >= 0.3 is 6.61 Å². The van der Waals surface area contributed by atoms with E-state index < -0.39 is 18.4 Å². The molecule has 3 aromatic rings.